The Bertz CT molecular complexity index is 553. The summed E-state index contributed by atoms with van der Waals surface area (Å²) < 4.78 is 0. The Morgan fingerprint density at radius 2 is 1.92 bits per heavy atom. The third-order valence-corrected chi connectivity index (χ3v) is 4.97. The van der Waals surface area contributed by atoms with E-state index in [2.05, 4.69) is 15.5 Å². The molecule has 1 aliphatic heterocycles. The van der Waals surface area contributed by atoms with Crippen LogP contribution < -0.4 is 16.4 Å². The van der Waals surface area contributed by atoms with Crippen LogP contribution in [0.2, 0.25) is 0 Å². The molecule has 1 unspecified atom stereocenters. The highest BCUT2D eigenvalue weighted by atomic mass is 35.5. The summed E-state index contributed by atoms with van der Waals surface area (Å²) in [6.07, 6.45) is 4.40. The van der Waals surface area contributed by atoms with Crippen LogP contribution in [0.5, 0.6) is 0 Å². The van der Waals surface area contributed by atoms with E-state index in [1.165, 1.54) is 0 Å². The second kappa shape index (κ2) is 12.2. The molecule has 0 spiro atoms. The molecule has 0 aromatic heterocycles. The number of halogens is 1. The lowest BCUT2D eigenvalue weighted by atomic mass is 10.0. The van der Waals surface area contributed by atoms with Gasteiger partial charge in [0.1, 0.15) is 0 Å². The number of nitrogens with one attached hydrogen (secondary N) is 2. The van der Waals surface area contributed by atoms with Crippen molar-refractivity contribution in [1.82, 2.24) is 10.2 Å². The van der Waals surface area contributed by atoms with Gasteiger partial charge < -0.3 is 16.4 Å². The molecule has 26 heavy (non-hydrogen) atoms. The zero-order chi connectivity index (χ0) is 18.1. The fourth-order valence-corrected chi connectivity index (χ4v) is 3.33. The minimum absolute atomic E-state index is 0. The van der Waals surface area contributed by atoms with Gasteiger partial charge in [-0.05, 0) is 43.4 Å². The summed E-state index contributed by atoms with van der Waals surface area (Å²) in [6, 6.07) is 9.19. The predicted octanol–water partition coefficient (Wildman–Crippen LogP) is 1.71. The van der Waals surface area contributed by atoms with Gasteiger partial charge in [-0.15, -0.1) is 12.4 Å². The highest BCUT2D eigenvalue weighted by molar-refractivity contribution is 7.98. The minimum Gasteiger partial charge on any atom is -0.352 e. The van der Waals surface area contributed by atoms with E-state index in [1.807, 2.05) is 36.6 Å². The van der Waals surface area contributed by atoms with E-state index in [0.29, 0.717) is 13.0 Å². The van der Waals surface area contributed by atoms with Gasteiger partial charge in [0, 0.05) is 24.8 Å². The van der Waals surface area contributed by atoms with Crippen LogP contribution in [-0.4, -0.2) is 60.4 Å². The molecule has 0 saturated carbocycles. The van der Waals surface area contributed by atoms with Gasteiger partial charge in [0.2, 0.25) is 11.8 Å². The summed E-state index contributed by atoms with van der Waals surface area (Å²) in [5, 5.41) is 5.94. The number of anilines is 1. The first-order valence-electron chi connectivity index (χ1n) is 8.70. The number of nitrogens with zero attached hydrogens (tertiary/aromatic N) is 1. The van der Waals surface area contributed by atoms with Gasteiger partial charge >= 0.3 is 0 Å². The lowest BCUT2D eigenvalue weighted by Gasteiger charge is -2.32. The molecule has 8 heteroatoms. The van der Waals surface area contributed by atoms with Crippen LogP contribution in [-0.2, 0) is 9.59 Å². The standard InChI is InChI=1S/C18H28N4O2S.ClH/c1-25-12-9-16(19)18(24)21-15-7-10-22(11-8-15)13-17(23)20-14-5-3-2-4-6-14;/h2-6,15-16H,7-13,19H2,1H3,(H,20,23)(H,21,24);1H. The maximum absolute atomic E-state index is 12.1. The van der Waals surface area contributed by atoms with Crippen molar-refractivity contribution >= 4 is 41.7 Å². The first-order valence-corrected chi connectivity index (χ1v) is 10.1. The number of nitrogens with two attached hydrogens (primary N) is 1. The van der Waals surface area contributed by atoms with Crippen LogP contribution in [0, 0.1) is 0 Å². The van der Waals surface area contributed by atoms with Gasteiger partial charge in [-0.25, -0.2) is 0 Å². The molecule has 0 radical (unpaired) electrons. The summed E-state index contributed by atoms with van der Waals surface area (Å²) in [4.78, 5) is 26.3. The average molecular weight is 401 g/mol. The molecule has 0 bridgehead atoms. The van der Waals surface area contributed by atoms with Crippen molar-refractivity contribution in [2.45, 2.75) is 31.3 Å². The van der Waals surface area contributed by atoms with Gasteiger partial charge in [-0.3, -0.25) is 14.5 Å². The first kappa shape index (κ1) is 22.8. The lowest BCUT2D eigenvalue weighted by molar-refractivity contribution is -0.123. The number of carbonyl (C=O) groups excluding carboxylic acids is 2. The normalized spacial score (nSPS) is 16.4. The second-order valence-corrected chi connectivity index (χ2v) is 7.35. The molecule has 146 valence electrons. The molecule has 1 saturated heterocycles. The van der Waals surface area contributed by atoms with E-state index in [4.69, 9.17) is 5.73 Å². The summed E-state index contributed by atoms with van der Waals surface area (Å²) in [6.45, 7) is 1.98. The lowest BCUT2D eigenvalue weighted by Crippen LogP contribution is -2.50. The maximum atomic E-state index is 12.1. The van der Waals surface area contributed by atoms with Gasteiger partial charge in [-0.1, -0.05) is 18.2 Å². The third kappa shape index (κ3) is 7.95. The van der Waals surface area contributed by atoms with Crippen molar-refractivity contribution in [2.75, 3.05) is 37.0 Å². The number of carbonyl (C=O) groups is 2. The molecule has 1 aliphatic rings. The van der Waals surface area contributed by atoms with Crippen LogP contribution in [0.25, 0.3) is 0 Å². The Labute approximate surface area is 166 Å². The largest absolute Gasteiger partial charge is 0.352 e. The monoisotopic (exact) mass is 400 g/mol. The number of hydrogen-bond donors (Lipinski definition) is 3. The number of hydrogen-bond acceptors (Lipinski definition) is 5. The van der Waals surface area contributed by atoms with E-state index < -0.39 is 6.04 Å². The van der Waals surface area contributed by atoms with E-state index in [1.54, 1.807) is 11.8 Å². The Morgan fingerprint density at radius 3 is 2.54 bits per heavy atom. The molecule has 4 N–H and O–H groups in total. The summed E-state index contributed by atoms with van der Waals surface area (Å²) in [7, 11) is 0. The van der Waals surface area contributed by atoms with Crippen molar-refractivity contribution in [3.63, 3.8) is 0 Å². The molecule has 0 aliphatic carbocycles. The van der Waals surface area contributed by atoms with Gasteiger partial charge in [-0.2, -0.15) is 11.8 Å². The molecule has 1 aromatic carbocycles. The van der Waals surface area contributed by atoms with Gasteiger partial charge in [0.25, 0.3) is 0 Å². The molecule has 1 fully saturated rings. The van der Waals surface area contributed by atoms with Crippen molar-refractivity contribution in [1.29, 1.82) is 0 Å². The number of piperidine rings is 1. The maximum Gasteiger partial charge on any atom is 0.238 e. The number of benzene rings is 1. The Morgan fingerprint density at radius 1 is 1.27 bits per heavy atom. The number of likely N-dealkylation sites (tertiary alicyclic amines) is 1. The topological polar surface area (TPSA) is 87.5 Å². The highest BCUT2D eigenvalue weighted by Crippen LogP contribution is 2.11. The van der Waals surface area contributed by atoms with Crippen LogP contribution in [0.1, 0.15) is 19.3 Å². The Kier molecular flexibility index (Phi) is 10.7. The van der Waals surface area contributed by atoms with Crippen LogP contribution in [0.4, 0.5) is 5.69 Å². The fourth-order valence-electron chi connectivity index (χ4n) is 2.84. The summed E-state index contributed by atoms with van der Waals surface area (Å²) in [5.74, 6) is 0.825. The van der Waals surface area contributed by atoms with Crippen LogP contribution in [0.15, 0.2) is 30.3 Å². The highest BCUT2D eigenvalue weighted by Gasteiger charge is 2.23. The molecule has 2 rings (SSSR count). The zero-order valence-electron chi connectivity index (χ0n) is 15.1. The summed E-state index contributed by atoms with van der Waals surface area (Å²) >= 11 is 1.70. The molecule has 1 heterocycles. The quantitative estimate of drug-likeness (QED) is 0.618. The van der Waals surface area contributed by atoms with Crippen molar-refractivity contribution < 1.29 is 9.59 Å². The van der Waals surface area contributed by atoms with E-state index in [9.17, 15) is 9.59 Å². The van der Waals surface area contributed by atoms with Crippen molar-refractivity contribution in [2.24, 2.45) is 5.73 Å². The number of thioether (sulfide) groups is 1. The smallest absolute Gasteiger partial charge is 0.238 e. The van der Waals surface area contributed by atoms with Gasteiger partial charge in [0.15, 0.2) is 0 Å². The molecule has 1 atom stereocenters. The SMILES string of the molecule is CSCCC(N)C(=O)NC1CCN(CC(=O)Nc2ccccc2)CC1.Cl. The summed E-state index contributed by atoms with van der Waals surface area (Å²) in [5.41, 5.74) is 6.71. The Balaban J connectivity index is 0.00000338. The first-order chi connectivity index (χ1) is 12.1. The van der Waals surface area contributed by atoms with E-state index >= 15 is 0 Å². The Hall–Kier alpha value is -1.28. The molecular formula is C18H29ClN4O2S. The molecule has 2 amide bonds. The molecule has 6 nitrogen and oxygen atoms in total. The fraction of sp³-hybridized carbons (Fsp3) is 0.556. The molecular weight excluding hydrogens is 372 g/mol. The van der Waals surface area contributed by atoms with E-state index in [0.717, 1.165) is 37.4 Å². The van der Waals surface area contributed by atoms with E-state index in [-0.39, 0.29) is 30.3 Å². The van der Waals surface area contributed by atoms with Crippen LogP contribution in [0.3, 0.4) is 0 Å². The van der Waals surface area contributed by atoms with Crippen molar-refractivity contribution in [3.05, 3.63) is 30.3 Å². The predicted molar refractivity (Wildman–Crippen MR) is 111 cm³/mol. The zero-order valence-corrected chi connectivity index (χ0v) is 16.8. The van der Waals surface area contributed by atoms with Crippen LogP contribution >= 0.6 is 24.2 Å². The number of rotatable bonds is 8. The van der Waals surface area contributed by atoms with Gasteiger partial charge in [0.05, 0.1) is 12.6 Å². The number of amides is 2. The average Bonchev–Trinajstić information content (AvgIpc) is 2.62. The molecule has 1 aromatic rings. The third-order valence-electron chi connectivity index (χ3n) is 4.33. The van der Waals surface area contributed by atoms with Crippen molar-refractivity contribution in [3.8, 4) is 0 Å². The number of para-hydroxylation sites is 1. The minimum atomic E-state index is -0.429. The second-order valence-electron chi connectivity index (χ2n) is 6.36.